The third-order valence-corrected chi connectivity index (χ3v) is 4.61. The number of anilines is 2. The van der Waals surface area contributed by atoms with Crippen molar-refractivity contribution >= 4 is 45.0 Å². The van der Waals surface area contributed by atoms with Gasteiger partial charge in [-0.2, -0.15) is 0 Å². The second-order valence-corrected chi connectivity index (χ2v) is 6.85. The topological polar surface area (TPSA) is 92.5 Å². The SMILES string of the molecule is NC(=O)c1cc(NC(=O)C2CC(=O)N(c3cccc(Br)c3)C2)ccc1F. The van der Waals surface area contributed by atoms with Crippen LogP contribution in [0.1, 0.15) is 16.8 Å². The first kappa shape index (κ1) is 18.1. The number of halogens is 2. The lowest BCUT2D eigenvalue weighted by Crippen LogP contribution is -2.28. The number of rotatable bonds is 4. The minimum Gasteiger partial charge on any atom is -0.366 e. The monoisotopic (exact) mass is 419 g/mol. The van der Waals surface area contributed by atoms with Gasteiger partial charge in [-0.25, -0.2) is 4.39 Å². The predicted octanol–water partition coefficient (Wildman–Crippen LogP) is 2.68. The molecule has 2 aromatic carbocycles. The Balaban J connectivity index is 1.72. The maximum Gasteiger partial charge on any atom is 0.251 e. The summed E-state index contributed by atoms with van der Waals surface area (Å²) in [6.07, 6.45) is 0.0716. The number of amides is 3. The largest absolute Gasteiger partial charge is 0.366 e. The standard InChI is InChI=1S/C18H15BrFN3O3/c19-11-2-1-3-13(7-11)23-9-10(6-16(23)24)18(26)22-12-4-5-15(20)14(8-12)17(21)25/h1-5,7-8,10H,6,9H2,(H2,21,25)(H,22,26). The maximum absolute atomic E-state index is 13.5. The molecule has 0 aliphatic carbocycles. The molecule has 1 aliphatic heterocycles. The zero-order valence-electron chi connectivity index (χ0n) is 13.5. The van der Waals surface area contributed by atoms with Gasteiger partial charge < -0.3 is 16.0 Å². The molecular weight excluding hydrogens is 405 g/mol. The molecule has 1 aliphatic rings. The Morgan fingerprint density at radius 3 is 2.69 bits per heavy atom. The molecule has 134 valence electrons. The number of carbonyl (C=O) groups excluding carboxylic acids is 3. The molecular formula is C18H15BrFN3O3. The molecule has 3 rings (SSSR count). The van der Waals surface area contributed by atoms with Crippen LogP contribution in [0.4, 0.5) is 15.8 Å². The van der Waals surface area contributed by atoms with E-state index in [1.165, 1.54) is 12.1 Å². The Morgan fingerprint density at radius 1 is 1.23 bits per heavy atom. The second kappa shape index (κ2) is 7.25. The fraction of sp³-hybridized carbons (Fsp3) is 0.167. The highest BCUT2D eigenvalue weighted by atomic mass is 79.9. The van der Waals surface area contributed by atoms with Gasteiger partial charge in [0, 0.05) is 28.8 Å². The van der Waals surface area contributed by atoms with Crippen molar-refractivity contribution in [3.63, 3.8) is 0 Å². The van der Waals surface area contributed by atoms with E-state index < -0.39 is 17.6 Å². The number of benzene rings is 2. The molecule has 0 radical (unpaired) electrons. The zero-order valence-corrected chi connectivity index (χ0v) is 15.1. The van der Waals surface area contributed by atoms with Crippen molar-refractivity contribution in [2.24, 2.45) is 11.7 Å². The van der Waals surface area contributed by atoms with Crippen LogP contribution in [0.25, 0.3) is 0 Å². The Labute approximate surface area is 157 Å². The van der Waals surface area contributed by atoms with Gasteiger partial charge in [0.25, 0.3) is 5.91 Å². The Bertz CT molecular complexity index is 903. The van der Waals surface area contributed by atoms with Gasteiger partial charge in [-0.1, -0.05) is 22.0 Å². The van der Waals surface area contributed by atoms with Gasteiger partial charge >= 0.3 is 0 Å². The Morgan fingerprint density at radius 2 is 2.00 bits per heavy atom. The van der Waals surface area contributed by atoms with Gasteiger partial charge in [-0.3, -0.25) is 14.4 Å². The van der Waals surface area contributed by atoms with Crippen molar-refractivity contribution in [2.75, 3.05) is 16.8 Å². The summed E-state index contributed by atoms with van der Waals surface area (Å²) in [5, 5.41) is 2.61. The van der Waals surface area contributed by atoms with Gasteiger partial charge in [-0.15, -0.1) is 0 Å². The molecule has 1 unspecified atom stereocenters. The number of nitrogens with zero attached hydrogens (tertiary/aromatic N) is 1. The Hall–Kier alpha value is -2.74. The molecule has 2 aromatic rings. The molecule has 1 saturated heterocycles. The lowest BCUT2D eigenvalue weighted by atomic mass is 10.1. The van der Waals surface area contributed by atoms with Crippen LogP contribution in [0.15, 0.2) is 46.9 Å². The highest BCUT2D eigenvalue weighted by molar-refractivity contribution is 9.10. The fourth-order valence-electron chi connectivity index (χ4n) is 2.81. The number of hydrogen-bond donors (Lipinski definition) is 2. The highest BCUT2D eigenvalue weighted by Crippen LogP contribution is 2.28. The summed E-state index contributed by atoms with van der Waals surface area (Å²) in [5.74, 6) is -2.76. The average Bonchev–Trinajstić information content (AvgIpc) is 2.98. The van der Waals surface area contributed by atoms with Crippen LogP contribution in [-0.4, -0.2) is 24.3 Å². The third-order valence-electron chi connectivity index (χ3n) is 4.12. The van der Waals surface area contributed by atoms with Crippen molar-refractivity contribution < 1.29 is 18.8 Å². The molecule has 1 atom stereocenters. The molecule has 26 heavy (non-hydrogen) atoms. The lowest BCUT2D eigenvalue weighted by Gasteiger charge is -2.17. The van der Waals surface area contributed by atoms with Crippen LogP contribution in [0.2, 0.25) is 0 Å². The molecule has 3 N–H and O–H groups in total. The number of hydrogen-bond acceptors (Lipinski definition) is 3. The molecule has 0 aromatic heterocycles. The van der Waals surface area contributed by atoms with Crippen LogP contribution in [0, 0.1) is 11.7 Å². The third kappa shape index (κ3) is 3.75. The van der Waals surface area contributed by atoms with Crippen LogP contribution in [-0.2, 0) is 9.59 Å². The summed E-state index contributed by atoms with van der Waals surface area (Å²) in [4.78, 5) is 37.5. The fourth-order valence-corrected chi connectivity index (χ4v) is 3.20. The van der Waals surface area contributed by atoms with Crippen LogP contribution in [0.5, 0.6) is 0 Å². The van der Waals surface area contributed by atoms with Crippen molar-refractivity contribution in [2.45, 2.75) is 6.42 Å². The molecule has 0 bridgehead atoms. The summed E-state index contributed by atoms with van der Waals surface area (Å²) in [7, 11) is 0. The quantitative estimate of drug-likeness (QED) is 0.797. The summed E-state index contributed by atoms with van der Waals surface area (Å²) in [5.41, 5.74) is 5.75. The zero-order chi connectivity index (χ0) is 18.8. The van der Waals surface area contributed by atoms with Gasteiger partial charge in [-0.05, 0) is 36.4 Å². The molecule has 6 nitrogen and oxygen atoms in total. The second-order valence-electron chi connectivity index (χ2n) is 5.93. The number of nitrogens with two attached hydrogens (primary N) is 1. The first-order chi connectivity index (χ1) is 12.3. The molecule has 8 heteroatoms. The highest BCUT2D eigenvalue weighted by Gasteiger charge is 2.35. The van der Waals surface area contributed by atoms with Crippen molar-refractivity contribution in [1.29, 1.82) is 0 Å². The van der Waals surface area contributed by atoms with Crippen LogP contribution in [0.3, 0.4) is 0 Å². The van der Waals surface area contributed by atoms with Gasteiger partial charge in [0.15, 0.2) is 0 Å². The number of primary amides is 1. The first-order valence-corrected chi connectivity index (χ1v) is 8.60. The van der Waals surface area contributed by atoms with Crippen molar-refractivity contribution in [3.8, 4) is 0 Å². The van der Waals surface area contributed by atoms with Gasteiger partial charge in [0.1, 0.15) is 5.82 Å². The van der Waals surface area contributed by atoms with Gasteiger partial charge in [0.2, 0.25) is 11.8 Å². The molecule has 1 heterocycles. The first-order valence-electron chi connectivity index (χ1n) is 7.81. The molecule has 0 spiro atoms. The summed E-state index contributed by atoms with van der Waals surface area (Å²) < 4.78 is 14.3. The van der Waals surface area contributed by atoms with E-state index >= 15 is 0 Å². The van der Waals surface area contributed by atoms with E-state index in [1.807, 2.05) is 12.1 Å². The van der Waals surface area contributed by atoms with E-state index in [0.29, 0.717) is 5.69 Å². The minimum absolute atomic E-state index is 0.0716. The minimum atomic E-state index is -0.921. The lowest BCUT2D eigenvalue weighted by molar-refractivity contribution is -0.122. The van der Waals surface area contributed by atoms with Crippen LogP contribution < -0.4 is 16.0 Å². The maximum atomic E-state index is 13.5. The van der Waals surface area contributed by atoms with E-state index in [2.05, 4.69) is 21.2 Å². The number of carbonyl (C=O) groups is 3. The van der Waals surface area contributed by atoms with E-state index in [0.717, 1.165) is 10.5 Å². The number of nitrogens with one attached hydrogen (secondary N) is 1. The van der Waals surface area contributed by atoms with E-state index in [-0.39, 0.29) is 36.0 Å². The molecule has 0 saturated carbocycles. The summed E-state index contributed by atoms with van der Waals surface area (Å²) in [6, 6.07) is 10.8. The van der Waals surface area contributed by atoms with Crippen molar-refractivity contribution in [1.82, 2.24) is 0 Å². The van der Waals surface area contributed by atoms with Gasteiger partial charge in [0.05, 0.1) is 11.5 Å². The van der Waals surface area contributed by atoms with Crippen molar-refractivity contribution in [3.05, 3.63) is 58.3 Å². The normalized spacial score (nSPS) is 16.6. The van der Waals surface area contributed by atoms with E-state index in [1.54, 1.807) is 17.0 Å². The predicted molar refractivity (Wildman–Crippen MR) is 98.1 cm³/mol. The van der Waals surface area contributed by atoms with E-state index in [4.69, 9.17) is 5.73 Å². The van der Waals surface area contributed by atoms with E-state index in [9.17, 15) is 18.8 Å². The Kier molecular flexibility index (Phi) is 5.03. The smallest absolute Gasteiger partial charge is 0.251 e. The summed E-state index contributed by atoms with van der Waals surface area (Å²) in [6.45, 7) is 0.241. The molecule has 3 amide bonds. The average molecular weight is 420 g/mol. The molecule has 1 fully saturated rings. The summed E-state index contributed by atoms with van der Waals surface area (Å²) >= 11 is 3.36. The van der Waals surface area contributed by atoms with Crippen LogP contribution >= 0.6 is 15.9 Å².